The summed E-state index contributed by atoms with van der Waals surface area (Å²) in [6, 6.07) is 7.14. The van der Waals surface area contributed by atoms with Gasteiger partial charge in [0.15, 0.2) is 0 Å². The highest BCUT2D eigenvalue weighted by molar-refractivity contribution is 5.96. The van der Waals surface area contributed by atoms with Gasteiger partial charge in [-0.2, -0.15) is 0 Å². The first kappa shape index (κ1) is 13.1. The lowest BCUT2D eigenvalue weighted by atomic mass is 9.62. The Bertz CT molecular complexity index is 486. The van der Waals surface area contributed by atoms with Crippen LogP contribution in [-0.2, 0) is 10.8 Å². The summed E-state index contributed by atoms with van der Waals surface area (Å²) < 4.78 is 0. The van der Waals surface area contributed by atoms with Crippen LogP contribution in [0.1, 0.15) is 62.0 Å². The summed E-state index contributed by atoms with van der Waals surface area (Å²) in [6.07, 6.45) is 2.26. The Morgan fingerprint density at radius 2 is 1.83 bits per heavy atom. The highest BCUT2D eigenvalue weighted by Gasteiger charge is 2.39. The molecule has 1 radical (unpaired) electrons. The molecule has 97 valence electrons. The van der Waals surface area contributed by atoms with Crippen LogP contribution in [-0.4, -0.2) is 13.0 Å². The number of amides is 1. The van der Waals surface area contributed by atoms with Gasteiger partial charge in [0.1, 0.15) is 0 Å². The van der Waals surface area contributed by atoms with E-state index < -0.39 is 0 Å². The molecule has 0 heterocycles. The zero-order valence-corrected chi connectivity index (χ0v) is 12.0. The summed E-state index contributed by atoms with van der Waals surface area (Å²) in [4.78, 5) is 12.0. The molecule has 0 fully saturated rings. The average molecular weight is 244 g/mol. The van der Waals surface area contributed by atoms with E-state index in [-0.39, 0.29) is 16.7 Å². The third-order valence-electron chi connectivity index (χ3n) is 4.23. The first-order valence-corrected chi connectivity index (χ1v) is 6.57. The number of hydrogen-bond donors (Lipinski definition) is 1. The van der Waals surface area contributed by atoms with Crippen molar-refractivity contribution in [3.63, 3.8) is 0 Å². The number of hydrogen-bond acceptors (Lipinski definition) is 1. The van der Waals surface area contributed by atoms with Gasteiger partial charge in [0.25, 0.3) is 5.91 Å². The van der Waals surface area contributed by atoms with Crippen LogP contribution in [0, 0.1) is 6.07 Å². The molecule has 0 aromatic heterocycles. The Morgan fingerprint density at radius 3 is 2.44 bits per heavy atom. The molecule has 0 unspecified atom stereocenters. The molecule has 0 atom stereocenters. The SMILES string of the molecule is CNC(=O)c1[c]ccc2c1C(C)(C)CCC2(C)C. The molecule has 0 bridgehead atoms. The summed E-state index contributed by atoms with van der Waals surface area (Å²) in [5.74, 6) is -0.0300. The molecule has 1 amide bonds. The summed E-state index contributed by atoms with van der Waals surface area (Å²) >= 11 is 0. The van der Waals surface area contributed by atoms with Gasteiger partial charge < -0.3 is 5.32 Å². The lowest BCUT2D eigenvalue weighted by molar-refractivity contribution is 0.0959. The van der Waals surface area contributed by atoms with Crippen molar-refractivity contribution in [3.8, 4) is 0 Å². The lowest BCUT2D eigenvalue weighted by Crippen LogP contribution is -2.36. The fraction of sp³-hybridized carbons (Fsp3) is 0.562. The van der Waals surface area contributed by atoms with Gasteiger partial charge in [0.05, 0.1) is 5.56 Å². The van der Waals surface area contributed by atoms with E-state index in [0.717, 1.165) is 12.8 Å². The van der Waals surface area contributed by atoms with E-state index in [1.54, 1.807) is 7.05 Å². The van der Waals surface area contributed by atoms with Crippen molar-refractivity contribution >= 4 is 5.91 Å². The summed E-state index contributed by atoms with van der Waals surface area (Å²) in [6.45, 7) is 8.96. The van der Waals surface area contributed by atoms with Gasteiger partial charge in [-0.15, -0.1) is 0 Å². The third-order valence-corrected chi connectivity index (χ3v) is 4.23. The van der Waals surface area contributed by atoms with Gasteiger partial charge in [-0.3, -0.25) is 4.79 Å². The number of rotatable bonds is 1. The molecule has 0 saturated carbocycles. The van der Waals surface area contributed by atoms with Crippen molar-refractivity contribution in [2.24, 2.45) is 0 Å². The van der Waals surface area contributed by atoms with Crippen LogP contribution in [0.3, 0.4) is 0 Å². The van der Waals surface area contributed by atoms with Gasteiger partial charge in [-0.1, -0.05) is 39.8 Å². The van der Waals surface area contributed by atoms with Crippen LogP contribution in [0.5, 0.6) is 0 Å². The predicted octanol–water partition coefficient (Wildman–Crippen LogP) is 3.20. The number of carbonyl (C=O) groups is 1. The van der Waals surface area contributed by atoms with Gasteiger partial charge in [0.2, 0.25) is 0 Å². The topological polar surface area (TPSA) is 29.1 Å². The molecule has 18 heavy (non-hydrogen) atoms. The monoisotopic (exact) mass is 244 g/mol. The number of fused-ring (bicyclic) bond motifs is 1. The summed E-state index contributed by atoms with van der Waals surface area (Å²) in [5, 5.41) is 2.73. The van der Waals surface area contributed by atoms with Crippen LogP contribution in [0.15, 0.2) is 12.1 Å². The second-order valence-electron chi connectivity index (χ2n) is 6.49. The molecule has 0 spiro atoms. The Labute approximate surface area is 110 Å². The van der Waals surface area contributed by atoms with Crippen molar-refractivity contribution < 1.29 is 4.79 Å². The van der Waals surface area contributed by atoms with Crippen molar-refractivity contribution in [2.45, 2.75) is 51.4 Å². The zero-order chi connectivity index (χ0) is 13.6. The van der Waals surface area contributed by atoms with E-state index >= 15 is 0 Å². The van der Waals surface area contributed by atoms with E-state index in [1.165, 1.54) is 11.1 Å². The molecule has 1 N–H and O–H groups in total. The highest BCUT2D eigenvalue weighted by Crippen LogP contribution is 2.46. The van der Waals surface area contributed by atoms with Crippen LogP contribution >= 0.6 is 0 Å². The molecular formula is C16H22NO. The Hall–Kier alpha value is -1.31. The van der Waals surface area contributed by atoms with Crippen LogP contribution in [0.2, 0.25) is 0 Å². The van der Waals surface area contributed by atoms with Gasteiger partial charge in [-0.25, -0.2) is 0 Å². The molecule has 2 nitrogen and oxygen atoms in total. The molecule has 1 aromatic rings. The maximum absolute atomic E-state index is 12.0. The Kier molecular flexibility index (Phi) is 3.00. The van der Waals surface area contributed by atoms with E-state index in [2.05, 4.69) is 45.1 Å². The average Bonchev–Trinajstić information content (AvgIpc) is 2.33. The maximum atomic E-state index is 12.0. The largest absolute Gasteiger partial charge is 0.355 e. The molecule has 2 rings (SSSR count). The number of benzene rings is 1. The smallest absolute Gasteiger partial charge is 0.251 e. The quantitative estimate of drug-likeness (QED) is 0.807. The first-order valence-electron chi connectivity index (χ1n) is 6.57. The standard InChI is InChI=1S/C16H22NO/c1-15(2)9-10-16(3,4)13-11(14(18)17-5)7-6-8-12(13)15/h6,8H,9-10H2,1-5H3,(H,17,18). The van der Waals surface area contributed by atoms with E-state index in [1.807, 2.05) is 6.07 Å². The minimum atomic E-state index is -0.0300. The summed E-state index contributed by atoms with van der Waals surface area (Å²) in [7, 11) is 1.68. The zero-order valence-electron chi connectivity index (χ0n) is 12.0. The van der Waals surface area contributed by atoms with Gasteiger partial charge >= 0.3 is 0 Å². The lowest BCUT2D eigenvalue weighted by Gasteiger charge is -2.42. The normalized spacial score (nSPS) is 20.1. The molecule has 1 aliphatic rings. The maximum Gasteiger partial charge on any atom is 0.251 e. The third kappa shape index (κ3) is 1.94. The second-order valence-corrected chi connectivity index (χ2v) is 6.49. The van der Waals surface area contributed by atoms with E-state index in [0.29, 0.717) is 5.56 Å². The van der Waals surface area contributed by atoms with Crippen molar-refractivity contribution in [3.05, 3.63) is 34.9 Å². The van der Waals surface area contributed by atoms with E-state index in [9.17, 15) is 4.79 Å². The minimum absolute atomic E-state index is 0.0300. The Balaban J connectivity index is 2.71. The molecule has 1 aromatic carbocycles. The number of nitrogens with one attached hydrogen (secondary N) is 1. The molecule has 0 aliphatic heterocycles. The molecule has 1 aliphatic carbocycles. The van der Waals surface area contributed by atoms with Crippen LogP contribution < -0.4 is 5.32 Å². The fourth-order valence-electron chi connectivity index (χ4n) is 2.95. The van der Waals surface area contributed by atoms with Gasteiger partial charge in [0, 0.05) is 7.05 Å². The minimum Gasteiger partial charge on any atom is -0.355 e. The second kappa shape index (κ2) is 4.11. The molecular weight excluding hydrogens is 222 g/mol. The molecule has 0 saturated heterocycles. The van der Waals surface area contributed by atoms with Crippen LogP contribution in [0.4, 0.5) is 0 Å². The fourth-order valence-corrected chi connectivity index (χ4v) is 2.95. The van der Waals surface area contributed by atoms with E-state index in [4.69, 9.17) is 0 Å². The highest BCUT2D eigenvalue weighted by atomic mass is 16.1. The van der Waals surface area contributed by atoms with Crippen molar-refractivity contribution in [1.29, 1.82) is 0 Å². The van der Waals surface area contributed by atoms with Crippen molar-refractivity contribution in [1.82, 2.24) is 5.32 Å². The predicted molar refractivity (Wildman–Crippen MR) is 74.0 cm³/mol. The summed E-state index contributed by atoms with van der Waals surface area (Å²) in [5.41, 5.74) is 3.39. The molecule has 2 heteroatoms. The number of carbonyl (C=O) groups excluding carboxylic acids is 1. The van der Waals surface area contributed by atoms with Crippen molar-refractivity contribution in [2.75, 3.05) is 7.05 Å². The Morgan fingerprint density at radius 1 is 1.22 bits per heavy atom. The van der Waals surface area contributed by atoms with Gasteiger partial charge in [-0.05, 0) is 40.9 Å². The first-order chi connectivity index (χ1) is 8.29. The van der Waals surface area contributed by atoms with Crippen LogP contribution in [0.25, 0.3) is 0 Å².